The van der Waals surface area contributed by atoms with Gasteiger partial charge < -0.3 is 10.1 Å². The van der Waals surface area contributed by atoms with E-state index in [0.717, 1.165) is 15.3 Å². The fourth-order valence-electron chi connectivity index (χ4n) is 2.20. The summed E-state index contributed by atoms with van der Waals surface area (Å²) in [5.41, 5.74) is 0.564. The van der Waals surface area contributed by atoms with E-state index in [1.54, 1.807) is 11.8 Å². The molecule has 0 unspecified atom stereocenters. The number of thioether (sulfide) groups is 1. The Hall–Kier alpha value is -1.97. The molecule has 0 saturated heterocycles. The third-order valence-corrected chi connectivity index (χ3v) is 5.58. The van der Waals surface area contributed by atoms with E-state index in [0.29, 0.717) is 11.4 Å². The minimum atomic E-state index is -0.530. The molecule has 0 bridgehead atoms. The van der Waals surface area contributed by atoms with Gasteiger partial charge in [0, 0.05) is 16.3 Å². The molecule has 1 atom stereocenters. The number of ether oxygens (including phenoxy) is 1. The zero-order chi connectivity index (χ0) is 18.4. The van der Waals surface area contributed by atoms with Gasteiger partial charge in [0.15, 0.2) is 0 Å². The van der Waals surface area contributed by atoms with E-state index in [2.05, 4.69) is 11.4 Å². The monoisotopic (exact) mass is 374 g/mol. The van der Waals surface area contributed by atoms with E-state index < -0.39 is 11.7 Å². The molecule has 132 valence electrons. The molecule has 25 heavy (non-hydrogen) atoms. The molecule has 2 rings (SSSR count). The number of nitrogens with zero attached hydrogens (tertiary/aromatic N) is 1. The molecule has 1 N–H and O–H groups in total. The van der Waals surface area contributed by atoms with Crippen molar-refractivity contribution in [3.63, 3.8) is 0 Å². The average molecular weight is 375 g/mol. The van der Waals surface area contributed by atoms with Crippen LogP contribution >= 0.6 is 23.1 Å². The molecule has 1 aromatic carbocycles. The second kappa shape index (κ2) is 8.41. The number of hydrogen-bond donors (Lipinski definition) is 1. The van der Waals surface area contributed by atoms with E-state index in [-0.39, 0.29) is 5.25 Å². The first-order chi connectivity index (χ1) is 11.8. The van der Waals surface area contributed by atoms with Gasteiger partial charge in [-0.3, -0.25) is 0 Å². The zero-order valence-corrected chi connectivity index (χ0v) is 16.5. The van der Waals surface area contributed by atoms with Crippen molar-refractivity contribution in [2.75, 3.05) is 6.54 Å². The van der Waals surface area contributed by atoms with E-state index in [4.69, 9.17) is 4.74 Å². The second-order valence-corrected chi connectivity index (χ2v) is 9.06. The quantitative estimate of drug-likeness (QED) is 0.723. The number of thiophene rings is 1. The molecule has 0 radical (unpaired) electrons. The van der Waals surface area contributed by atoms with Gasteiger partial charge in [0.1, 0.15) is 16.5 Å². The molecule has 1 heterocycles. The number of alkyl carbamates (subject to hydrolysis) is 1. The summed E-state index contributed by atoms with van der Waals surface area (Å²) in [6.45, 7) is 7.92. The van der Waals surface area contributed by atoms with Crippen LogP contribution in [0.3, 0.4) is 0 Å². The Bertz CT molecular complexity index is 758. The summed E-state index contributed by atoms with van der Waals surface area (Å²) in [6, 6.07) is 14.2. The molecular formula is C19H22N2O2S2. The van der Waals surface area contributed by atoms with Crippen molar-refractivity contribution in [2.45, 2.75) is 43.4 Å². The van der Waals surface area contributed by atoms with Crippen LogP contribution in [0, 0.1) is 18.3 Å². The third-order valence-electron chi connectivity index (χ3n) is 3.19. The highest BCUT2D eigenvalue weighted by molar-refractivity contribution is 7.99. The Labute approximate surface area is 157 Å². The average Bonchev–Trinajstić information content (AvgIpc) is 2.90. The Morgan fingerprint density at radius 1 is 1.36 bits per heavy atom. The highest BCUT2D eigenvalue weighted by atomic mass is 32.2. The summed E-state index contributed by atoms with van der Waals surface area (Å²) in [5, 5.41) is 12.2. The number of carbonyl (C=O) groups is 1. The van der Waals surface area contributed by atoms with Gasteiger partial charge in [0.2, 0.25) is 0 Å². The molecular weight excluding hydrogens is 352 g/mol. The standard InChI is InChI=1S/C19H22N2O2S2/c1-13-10-15(16(11-20)24-13)25-17(14-8-6-5-7-9-14)12-21-18(22)23-19(2,3)4/h5-10,17H,12H2,1-4H3,(H,21,22)/t17-/m1/s1. The van der Waals surface area contributed by atoms with Crippen molar-refractivity contribution in [3.8, 4) is 6.07 Å². The molecule has 0 aliphatic heterocycles. The third kappa shape index (κ3) is 6.11. The van der Waals surface area contributed by atoms with Crippen LogP contribution in [0.4, 0.5) is 4.79 Å². The maximum absolute atomic E-state index is 12.0. The van der Waals surface area contributed by atoms with Crippen LogP contribution in [-0.4, -0.2) is 18.2 Å². The Morgan fingerprint density at radius 2 is 2.04 bits per heavy atom. The summed E-state index contributed by atoms with van der Waals surface area (Å²) in [5.74, 6) is 0. The molecule has 6 heteroatoms. The van der Waals surface area contributed by atoms with Crippen LogP contribution in [-0.2, 0) is 4.74 Å². The van der Waals surface area contributed by atoms with Crippen molar-refractivity contribution in [3.05, 3.63) is 51.7 Å². The first kappa shape index (κ1) is 19.4. The number of carbonyl (C=O) groups excluding carboxylic acids is 1. The van der Waals surface area contributed by atoms with Crippen LogP contribution in [0.2, 0.25) is 0 Å². The first-order valence-electron chi connectivity index (χ1n) is 7.97. The Kier molecular flexibility index (Phi) is 6.51. The van der Waals surface area contributed by atoms with Crippen molar-refractivity contribution in [1.82, 2.24) is 5.32 Å². The molecule has 2 aromatic rings. The maximum Gasteiger partial charge on any atom is 0.407 e. The lowest BCUT2D eigenvalue weighted by Gasteiger charge is -2.22. The normalized spacial score (nSPS) is 12.3. The van der Waals surface area contributed by atoms with E-state index in [1.165, 1.54) is 11.3 Å². The van der Waals surface area contributed by atoms with Crippen LogP contribution in [0.5, 0.6) is 0 Å². The van der Waals surface area contributed by atoms with Crippen molar-refractivity contribution >= 4 is 29.2 Å². The topological polar surface area (TPSA) is 62.1 Å². The lowest BCUT2D eigenvalue weighted by atomic mass is 10.1. The van der Waals surface area contributed by atoms with Crippen molar-refractivity contribution < 1.29 is 9.53 Å². The smallest absolute Gasteiger partial charge is 0.407 e. The SMILES string of the molecule is Cc1cc(S[C@H](CNC(=O)OC(C)(C)C)c2ccccc2)c(C#N)s1. The molecule has 4 nitrogen and oxygen atoms in total. The fraction of sp³-hybridized carbons (Fsp3) is 0.368. The van der Waals surface area contributed by atoms with Gasteiger partial charge in [-0.25, -0.2) is 4.79 Å². The molecule has 1 amide bonds. The summed E-state index contributed by atoms with van der Waals surface area (Å²) in [4.78, 5) is 14.7. The summed E-state index contributed by atoms with van der Waals surface area (Å²) in [6.07, 6.45) is -0.434. The van der Waals surface area contributed by atoms with Gasteiger partial charge in [0.05, 0.1) is 5.25 Å². The number of nitriles is 1. The highest BCUT2D eigenvalue weighted by Gasteiger charge is 2.20. The largest absolute Gasteiger partial charge is 0.444 e. The van der Waals surface area contributed by atoms with E-state index in [9.17, 15) is 10.1 Å². The van der Waals surface area contributed by atoms with Gasteiger partial charge in [-0.2, -0.15) is 5.26 Å². The van der Waals surface area contributed by atoms with Crippen LogP contribution in [0.25, 0.3) is 0 Å². The van der Waals surface area contributed by atoms with E-state index >= 15 is 0 Å². The van der Waals surface area contributed by atoms with Crippen LogP contribution < -0.4 is 5.32 Å². The molecule has 0 aliphatic carbocycles. The van der Waals surface area contributed by atoms with Crippen molar-refractivity contribution in [2.24, 2.45) is 0 Å². The van der Waals surface area contributed by atoms with Gasteiger partial charge in [-0.05, 0) is 39.3 Å². The van der Waals surface area contributed by atoms with Gasteiger partial charge in [-0.1, -0.05) is 30.3 Å². The first-order valence-corrected chi connectivity index (χ1v) is 9.67. The van der Waals surface area contributed by atoms with Crippen molar-refractivity contribution in [1.29, 1.82) is 5.26 Å². The minimum Gasteiger partial charge on any atom is -0.444 e. The molecule has 0 aliphatic rings. The van der Waals surface area contributed by atoms with Gasteiger partial charge in [0.25, 0.3) is 0 Å². The van der Waals surface area contributed by atoms with E-state index in [1.807, 2.05) is 64.1 Å². The predicted octanol–water partition coefficient (Wildman–Crippen LogP) is 5.29. The number of nitrogens with one attached hydrogen (secondary N) is 1. The minimum absolute atomic E-state index is 0.00480. The zero-order valence-electron chi connectivity index (χ0n) is 14.8. The lowest BCUT2D eigenvalue weighted by molar-refractivity contribution is 0.0528. The molecule has 0 spiro atoms. The molecule has 0 fully saturated rings. The molecule has 0 saturated carbocycles. The number of rotatable bonds is 5. The second-order valence-electron chi connectivity index (χ2n) is 6.56. The fourth-order valence-corrected chi connectivity index (χ4v) is 4.41. The maximum atomic E-state index is 12.0. The van der Waals surface area contributed by atoms with Gasteiger partial charge >= 0.3 is 6.09 Å². The number of hydrogen-bond acceptors (Lipinski definition) is 5. The number of amides is 1. The Balaban J connectivity index is 2.14. The van der Waals surface area contributed by atoms with Crippen LogP contribution in [0.1, 0.15) is 41.3 Å². The number of aryl methyl sites for hydroxylation is 1. The molecule has 1 aromatic heterocycles. The lowest BCUT2D eigenvalue weighted by Crippen LogP contribution is -2.34. The summed E-state index contributed by atoms with van der Waals surface area (Å²) < 4.78 is 5.31. The summed E-state index contributed by atoms with van der Waals surface area (Å²) >= 11 is 3.08. The Morgan fingerprint density at radius 3 is 2.64 bits per heavy atom. The summed E-state index contributed by atoms with van der Waals surface area (Å²) in [7, 11) is 0. The van der Waals surface area contributed by atoms with Gasteiger partial charge in [-0.15, -0.1) is 23.1 Å². The highest BCUT2D eigenvalue weighted by Crippen LogP contribution is 2.39. The van der Waals surface area contributed by atoms with Crippen LogP contribution in [0.15, 0.2) is 41.3 Å². The predicted molar refractivity (Wildman–Crippen MR) is 103 cm³/mol. The number of benzene rings is 1.